The van der Waals surface area contributed by atoms with Crippen molar-refractivity contribution in [1.29, 1.82) is 0 Å². The van der Waals surface area contributed by atoms with Crippen LogP contribution in [-0.2, 0) is 9.53 Å². The van der Waals surface area contributed by atoms with Crippen LogP contribution in [0.5, 0.6) is 0 Å². The topological polar surface area (TPSA) is 85.6 Å². The van der Waals surface area contributed by atoms with Crippen LogP contribution in [0, 0.1) is 12.8 Å². The maximum Gasteiger partial charge on any atom is 0.346 e. The van der Waals surface area contributed by atoms with Gasteiger partial charge in [0.05, 0.1) is 21.2 Å². The van der Waals surface area contributed by atoms with Crippen molar-refractivity contribution in [2.24, 2.45) is 5.92 Å². The van der Waals surface area contributed by atoms with E-state index in [1.165, 1.54) is 12.1 Å². The lowest BCUT2D eigenvalue weighted by molar-refractivity contribution is -0.150. The minimum atomic E-state index is -0.914. The first kappa shape index (κ1) is 26.5. The van der Waals surface area contributed by atoms with Crippen molar-refractivity contribution < 1.29 is 18.7 Å². The molecular formula is C27H27Cl2NO5. The summed E-state index contributed by atoms with van der Waals surface area (Å²) in [6.07, 6.45) is 1.47. The minimum absolute atomic E-state index is 0.0457. The number of ketones is 1. The van der Waals surface area contributed by atoms with Gasteiger partial charge in [0, 0.05) is 28.4 Å². The van der Waals surface area contributed by atoms with Gasteiger partial charge in [-0.15, -0.1) is 0 Å². The first-order valence-electron chi connectivity index (χ1n) is 11.0. The number of hydrogen-bond donors (Lipinski definition) is 1. The summed E-state index contributed by atoms with van der Waals surface area (Å²) < 4.78 is 10.8. The first-order valence-corrected chi connectivity index (χ1v) is 11.8. The molecule has 1 unspecified atom stereocenters. The van der Waals surface area contributed by atoms with E-state index < -0.39 is 23.1 Å². The number of carbonyl (C=O) groups excluding carboxylic acids is 2. The molecule has 35 heavy (non-hydrogen) atoms. The molecule has 8 heteroatoms. The molecule has 1 aromatic carbocycles. The molecule has 0 spiro atoms. The zero-order chi connectivity index (χ0) is 26.1. The van der Waals surface area contributed by atoms with Crippen LogP contribution < -0.4 is 10.9 Å². The standard InChI is InChI=1S/C27H27Cl2NO5/c1-14-12-19(28)23(25(32)34-14)20(29)13-18-21(24(31)17-10-8-7-9-11-17)15(2)30-16(3)22(18)26(33)35-27(4,5)6/h7-13,18,30H,1-6H3/b20-13-. The predicted octanol–water partition coefficient (Wildman–Crippen LogP) is 6.17. The zero-order valence-electron chi connectivity index (χ0n) is 20.4. The van der Waals surface area contributed by atoms with E-state index in [4.69, 9.17) is 32.4 Å². The highest BCUT2D eigenvalue weighted by Crippen LogP contribution is 2.37. The SMILES string of the molecule is CC1=C(C(=O)OC(C)(C)C)C(/C=C(\Cl)c2c(Cl)cc(C)oc2=O)C(C(=O)c2ccccc2)=C(C)N1. The van der Waals surface area contributed by atoms with Crippen LogP contribution in [0.2, 0.25) is 5.02 Å². The number of dihydropyridines is 1. The number of aryl methyl sites for hydroxylation is 1. The highest BCUT2D eigenvalue weighted by molar-refractivity contribution is 6.50. The Morgan fingerprint density at radius 3 is 2.23 bits per heavy atom. The highest BCUT2D eigenvalue weighted by atomic mass is 35.5. The molecule has 2 aromatic rings. The van der Waals surface area contributed by atoms with Crippen LogP contribution in [0.3, 0.4) is 0 Å². The Morgan fingerprint density at radius 2 is 1.66 bits per heavy atom. The third-order valence-corrected chi connectivity index (χ3v) is 5.90. The van der Waals surface area contributed by atoms with Gasteiger partial charge in [0.25, 0.3) is 0 Å². The summed E-state index contributed by atoms with van der Waals surface area (Å²) in [5.41, 5.74) is 0.455. The fourth-order valence-corrected chi connectivity index (χ4v) is 4.57. The van der Waals surface area contributed by atoms with Gasteiger partial charge < -0.3 is 14.5 Å². The lowest BCUT2D eigenvalue weighted by Gasteiger charge is -2.31. The van der Waals surface area contributed by atoms with Crippen molar-refractivity contribution in [3.8, 4) is 0 Å². The van der Waals surface area contributed by atoms with E-state index in [-0.39, 0.29) is 27.0 Å². The van der Waals surface area contributed by atoms with Crippen LogP contribution in [0.4, 0.5) is 0 Å². The largest absolute Gasteiger partial charge is 0.457 e. The summed E-state index contributed by atoms with van der Waals surface area (Å²) in [7, 11) is 0. The van der Waals surface area contributed by atoms with Crippen molar-refractivity contribution in [2.45, 2.75) is 47.1 Å². The lowest BCUT2D eigenvalue weighted by Crippen LogP contribution is -2.35. The van der Waals surface area contributed by atoms with E-state index >= 15 is 0 Å². The van der Waals surface area contributed by atoms with Gasteiger partial charge in [-0.05, 0) is 47.6 Å². The Kier molecular flexibility index (Phi) is 7.77. The molecule has 1 atom stereocenters. The van der Waals surface area contributed by atoms with E-state index in [9.17, 15) is 14.4 Å². The van der Waals surface area contributed by atoms with Gasteiger partial charge in [-0.3, -0.25) is 4.79 Å². The van der Waals surface area contributed by atoms with E-state index in [0.29, 0.717) is 28.3 Å². The molecule has 2 heterocycles. The van der Waals surface area contributed by atoms with Crippen molar-refractivity contribution in [2.75, 3.05) is 0 Å². The monoisotopic (exact) mass is 515 g/mol. The lowest BCUT2D eigenvalue weighted by atomic mass is 9.81. The number of esters is 1. The summed E-state index contributed by atoms with van der Waals surface area (Å²) in [4.78, 5) is 39.5. The maximum absolute atomic E-state index is 13.6. The molecule has 1 aliphatic rings. The predicted molar refractivity (Wildman–Crippen MR) is 137 cm³/mol. The van der Waals surface area contributed by atoms with E-state index in [1.54, 1.807) is 71.9 Å². The summed E-state index contributed by atoms with van der Waals surface area (Å²) in [5.74, 6) is -1.49. The van der Waals surface area contributed by atoms with Crippen LogP contribution in [0.15, 0.2) is 74.2 Å². The first-order chi connectivity index (χ1) is 16.3. The summed E-state index contributed by atoms with van der Waals surface area (Å²) >= 11 is 12.9. The number of allylic oxidation sites excluding steroid dienone is 4. The molecular weight excluding hydrogens is 489 g/mol. The van der Waals surface area contributed by atoms with Crippen LogP contribution in [0.1, 0.15) is 56.3 Å². The molecule has 0 saturated carbocycles. The van der Waals surface area contributed by atoms with E-state index in [1.807, 2.05) is 0 Å². The van der Waals surface area contributed by atoms with E-state index in [2.05, 4.69) is 5.32 Å². The van der Waals surface area contributed by atoms with Crippen LogP contribution in [-0.4, -0.2) is 17.4 Å². The minimum Gasteiger partial charge on any atom is -0.457 e. The molecule has 3 rings (SSSR count). The Bertz CT molecular complexity index is 1330. The second-order valence-corrected chi connectivity index (χ2v) is 10.1. The van der Waals surface area contributed by atoms with Gasteiger partial charge in [-0.2, -0.15) is 0 Å². The van der Waals surface area contributed by atoms with Crippen LogP contribution >= 0.6 is 23.2 Å². The molecule has 184 valence electrons. The van der Waals surface area contributed by atoms with Crippen molar-refractivity contribution in [3.05, 3.63) is 97.3 Å². The number of nitrogens with one attached hydrogen (secondary N) is 1. The quantitative estimate of drug-likeness (QED) is 0.378. The molecule has 0 radical (unpaired) electrons. The van der Waals surface area contributed by atoms with E-state index in [0.717, 1.165) is 0 Å². The van der Waals surface area contributed by atoms with Gasteiger partial charge in [0.1, 0.15) is 11.4 Å². The fourth-order valence-electron chi connectivity index (χ4n) is 3.88. The third kappa shape index (κ3) is 5.95. The van der Waals surface area contributed by atoms with Gasteiger partial charge >= 0.3 is 11.6 Å². The summed E-state index contributed by atoms with van der Waals surface area (Å²) in [6, 6.07) is 10.2. The molecule has 0 bridgehead atoms. The van der Waals surface area contributed by atoms with Gasteiger partial charge in [0.15, 0.2) is 5.78 Å². The van der Waals surface area contributed by atoms with Crippen molar-refractivity contribution in [3.63, 3.8) is 0 Å². The molecule has 6 nitrogen and oxygen atoms in total. The Labute approximate surface area is 214 Å². The average molecular weight is 516 g/mol. The van der Waals surface area contributed by atoms with Crippen molar-refractivity contribution in [1.82, 2.24) is 5.32 Å². The molecule has 0 fully saturated rings. The number of halogens is 2. The molecule has 0 saturated heterocycles. The third-order valence-electron chi connectivity index (χ3n) is 5.28. The Balaban J connectivity index is 2.23. The smallest absolute Gasteiger partial charge is 0.346 e. The van der Waals surface area contributed by atoms with Gasteiger partial charge in [-0.1, -0.05) is 59.6 Å². The molecule has 0 amide bonds. The zero-order valence-corrected chi connectivity index (χ0v) is 21.9. The number of rotatable bonds is 5. The average Bonchev–Trinajstić information content (AvgIpc) is 2.71. The molecule has 1 aromatic heterocycles. The molecule has 1 N–H and O–H groups in total. The number of Topliss-reactive ketones (excluding diaryl/α,β-unsaturated/α-hetero) is 1. The van der Waals surface area contributed by atoms with Crippen LogP contribution in [0.25, 0.3) is 5.03 Å². The summed E-state index contributed by atoms with van der Waals surface area (Å²) in [6.45, 7) is 10.3. The Hall–Kier alpha value is -3.09. The second kappa shape index (κ2) is 10.3. The normalized spacial score (nSPS) is 16.8. The van der Waals surface area contributed by atoms with Gasteiger partial charge in [-0.25, -0.2) is 9.59 Å². The van der Waals surface area contributed by atoms with Gasteiger partial charge in [0.2, 0.25) is 0 Å². The van der Waals surface area contributed by atoms with Crippen molar-refractivity contribution >= 4 is 40.0 Å². The summed E-state index contributed by atoms with van der Waals surface area (Å²) in [5, 5.41) is 3.19. The number of ether oxygens (including phenoxy) is 1. The number of benzene rings is 1. The molecule has 1 aliphatic heterocycles. The fraction of sp³-hybridized carbons (Fsp3) is 0.296. The number of hydrogen-bond acceptors (Lipinski definition) is 6. The molecule has 0 aliphatic carbocycles. The number of carbonyl (C=O) groups is 2. The highest BCUT2D eigenvalue weighted by Gasteiger charge is 2.37. The Morgan fingerprint density at radius 1 is 1.06 bits per heavy atom. The second-order valence-electron chi connectivity index (χ2n) is 9.26. The maximum atomic E-state index is 13.6.